The van der Waals surface area contributed by atoms with E-state index < -0.39 is 21.4 Å². The number of nitrogens with zero attached hydrogens (tertiary/aromatic N) is 2. The molecule has 1 heterocycles. The minimum absolute atomic E-state index is 0.00167. The Hall–Kier alpha value is -3.79. The Balaban J connectivity index is 2.12. The molecule has 0 spiro atoms. The smallest absolute Gasteiger partial charge is 0.306 e. The van der Waals surface area contributed by atoms with Gasteiger partial charge in [0.15, 0.2) is 0 Å². The molecule has 0 bridgehead atoms. The van der Waals surface area contributed by atoms with Gasteiger partial charge in [0.05, 0.1) is 12.0 Å². The van der Waals surface area contributed by atoms with Crippen LogP contribution in [0.4, 0.5) is 0 Å². The molecule has 13 heteroatoms. The number of hydrogen-bond acceptors (Lipinski definition) is 11. The van der Waals surface area contributed by atoms with Crippen LogP contribution in [0, 0.1) is 11.8 Å². The topological polar surface area (TPSA) is 184 Å². The molecule has 1 N–H and O–H groups in total. The molecule has 0 radical (unpaired) electrons. The van der Waals surface area contributed by atoms with Crippen LogP contribution in [0.25, 0.3) is 0 Å². The fraction of sp³-hybridized carbons (Fsp3) is 0.600. The number of unbranched alkanes of at least 4 members (excludes halogenated alkanes) is 1. The van der Waals surface area contributed by atoms with E-state index in [9.17, 15) is 37.2 Å². The van der Waals surface area contributed by atoms with Crippen molar-refractivity contribution in [3.8, 4) is 11.8 Å². The van der Waals surface area contributed by atoms with E-state index in [1.165, 1.54) is 12.4 Å². The van der Waals surface area contributed by atoms with E-state index in [1.807, 2.05) is 0 Å². The molecule has 0 saturated carbocycles. The third kappa shape index (κ3) is 19.1. The van der Waals surface area contributed by atoms with E-state index in [4.69, 9.17) is 4.74 Å². The molecule has 0 unspecified atom stereocenters. The first-order chi connectivity index (χ1) is 20.0. The zero-order valence-corrected chi connectivity index (χ0v) is 26.1. The molecule has 0 saturated heterocycles. The standard InChI is InChI=1S/C30H41N3O9S/c1-30(2,3)42-28(39)17-16-25(36)13-12-23(34)10-11-24(35)14-15-26(37)18-19-31-27(38)9-7-5-6-8-22-20-32-29(33-21-22)43(4,40)41/h20-21H,5,7,9-19H2,1-4H3,(H,31,38). The molecule has 1 aromatic rings. The molecular formula is C30H41N3O9S. The molecule has 1 rings (SSSR count). The van der Waals surface area contributed by atoms with Gasteiger partial charge in [-0.15, -0.1) is 0 Å². The zero-order valence-electron chi connectivity index (χ0n) is 25.3. The average molecular weight is 620 g/mol. The summed E-state index contributed by atoms with van der Waals surface area (Å²) in [6, 6.07) is 0. The van der Waals surface area contributed by atoms with Crippen LogP contribution in [0.15, 0.2) is 17.6 Å². The van der Waals surface area contributed by atoms with E-state index in [-0.39, 0.29) is 105 Å². The highest BCUT2D eigenvalue weighted by molar-refractivity contribution is 7.90. The molecular weight excluding hydrogens is 578 g/mol. The first kappa shape index (κ1) is 37.2. The fourth-order valence-corrected chi connectivity index (χ4v) is 3.96. The molecule has 0 aliphatic rings. The maximum Gasteiger partial charge on any atom is 0.306 e. The Morgan fingerprint density at radius 2 is 1.23 bits per heavy atom. The van der Waals surface area contributed by atoms with Gasteiger partial charge in [-0.1, -0.05) is 11.8 Å². The summed E-state index contributed by atoms with van der Waals surface area (Å²) in [5.74, 6) is 4.12. The highest BCUT2D eigenvalue weighted by Crippen LogP contribution is 2.11. The van der Waals surface area contributed by atoms with Crippen molar-refractivity contribution >= 4 is 44.8 Å². The summed E-state index contributed by atoms with van der Waals surface area (Å²) in [7, 11) is -3.48. The van der Waals surface area contributed by atoms with Crippen LogP contribution in [0.5, 0.6) is 0 Å². The lowest BCUT2D eigenvalue weighted by molar-refractivity contribution is -0.155. The monoisotopic (exact) mass is 619 g/mol. The Morgan fingerprint density at radius 1 is 0.767 bits per heavy atom. The quantitative estimate of drug-likeness (QED) is 0.104. The molecule has 236 valence electrons. The number of carbonyl (C=O) groups excluding carboxylic acids is 6. The van der Waals surface area contributed by atoms with Crippen LogP contribution in [0.3, 0.4) is 0 Å². The molecule has 1 amide bonds. The van der Waals surface area contributed by atoms with Crippen LogP contribution in [0.2, 0.25) is 0 Å². The van der Waals surface area contributed by atoms with Crippen LogP contribution in [-0.2, 0) is 43.3 Å². The fourth-order valence-electron chi connectivity index (χ4n) is 3.47. The molecule has 0 aromatic carbocycles. The molecule has 43 heavy (non-hydrogen) atoms. The summed E-state index contributed by atoms with van der Waals surface area (Å²) in [5, 5.41) is 2.38. The van der Waals surface area contributed by atoms with E-state index in [0.717, 1.165) is 6.26 Å². The number of aromatic nitrogens is 2. The summed E-state index contributed by atoms with van der Waals surface area (Å²) in [4.78, 5) is 79.1. The number of hydrogen-bond donors (Lipinski definition) is 1. The van der Waals surface area contributed by atoms with Gasteiger partial charge in [-0.25, -0.2) is 18.4 Å². The van der Waals surface area contributed by atoms with Crippen molar-refractivity contribution in [1.82, 2.24) is 15.3 Å². The largest absolute Gasteiger partial charge is 0.460 e. The van der Waals surface area contributed by atoms with E-state index in [2.05, 4.69) is 27.1 Å². The summed E-state index contributed by atoms with van der Waals surface area (Å²) >= 11 is 0. The highest BCUT2D eigenvalue weighted by atomic mass is 32.2. The lowest BCUT2D eigenvalue weighted by Gasteiger charge is -2.19. The normalized spacial score (nSPS) is 11.2. The Labute approximate surface area is 253 Å². The van der Waals surface area contributed by atoms with Gasteiger partial charge in [0.25, 0.3) is 0 Å². The second-order valence-corrected chi connectivity index (χ2v) is 12.9. The summed E-state index contributed by atoms with van der Waals surface area (Å²) in [6.45, 7) is 5.36. The average Bonchev–Trinajstić information content (AvgIpc) is 2.91. The Kier molecular flexibility index (Phi) is 16.2. The van der Waals surface area contributed by atoms with Gasteiger partial charge in [-0.05, 0) is 27.2 Å². The molecule has 0 aliphatic carbocycles. The third-order valence-corrected chi connectivity index (χ3v) is 6.57. The number of amides is 1. The SMILES string of the molecule is CC(C)(C)OC(=O)CCC(=O)CCC(=O)CCC(=O)CCC(=O)CCNC(=O)CCCC#Cc1cnc(S(C)(=O)=O)nc1. The number of ketones is 4. The third-order valence-electron chi connectivity index (χ3n) is 5.70. The zero-order chi connectivity index (χ0) is 32.5. The Morgan fingerprint density at radius 3 is 1.70 bits per heavy atom. The van der Waals surface area contributed by atoms with Crippen molar-refractivity contribution < 1.29 is 41.9 Å². The van der Waals surface area contributed by atoms with Crippen LogP contribution in [0.1, 0.15) is 103 Å². The maximum absolute atomic E-state index is 12.0. The first-order valence-corrected chi connectivity index (χ1v) is 16.0. The Bertz CT molecular complexity index is 1320. The first-order valence-electron chi connectivity index (χ1n) is 14.1. The van der Waals surface area contributed by atoms with Gasteiger partial charge < -0.3 is 10.1 Å². The minimum Gasteiger partial charge on any atom is -0.460 e. The summed E-state index contributed by atoms with van der Waals surface area (Å²) in [6.07, 6.45) is 4.86. The lowest BCUT2D eigenvalue weighted by atomic mass is 10.0. The number of esters is 1. The van der Waals surface area contributed by atoms with Crippen LogP contribution < -0.4 is 5.32 Å². The molecule has 0 aliphatic heterocycles. The van der Waals surface area contributed by atoms with Gasteiger partial charge in [0, 0.05) is 89.4 Å². The van der Waals surface area contributed by atoms with Crippen LogP contribution >= 0.6 is 0 Å². The second-order valence-electron chi connectivity index (χ2n) is 11.0. The van der Waals surface area contributed by atoms with Gasteiger partial charge in [0.2, 0.25) is 20.9 Å². The van der Waals surface area contributed by atoms with E-state index >= 15 is 0 Å². The minimum atomic E-state index is -3.48. The number of sulfone groups is 1. The molecule has 1 aromatic heterocycles. The molecule has 12 nitrogen and oxygen atoms in total. The second kappa shape index (κ2) is 18.7. The van der Waals surface area contributed by atoms with Crippen molar-refractivity contribution in [3.05, 3.63) is 18.0 Å². The summed E-state index contributed by atoms with van der Waals surface area (Å²) < 4.78 is 27.8. The van der Waals surface area contributed by atoms with Crippen molar-refractivity contribution in [2.24, 2.45) is 0 Å². The van der Waals surface area contributed by atoms with E-state index in [0.29, 0.717) is 18.4 Å². The van der Waals surface area contributed by atoms with Crippen molar-refractivity contribution in [3.63, 3.8) is 0 Å². The number of nitrogens with one attached hydrogen (secondary N) is 1. The number of rotatable bonds is 19. The molecule has 0 atom stereocenters. The van der Waals surface area contributed by atoms with Gasteiger partial charge in [0.1, 0.15) is 28.7 Å². The maximum atomic E-state index is 12.0. The van der Waals surface area contributed by atoms with Crippen molar-refractivity contribution in [1.29, 1.82) is 0 Å². The van der Waals surface area contributed by atoms with Gasteiger partial charge in [-0.2, -0.15) is 0 Å². The highest BCUT2D eigenvalue weighted by Gasteiger charge is 2.18. The van der Waals surface area contributed by atoms with E-state index in [1.54, 1.807) is 20.8 Å². The van der Waals surface area contributed by atoms with Crippen LogP contribution in [-0.4, -0.2) is 71.8 Å². The lowest BCUT2D eigenvalue weighted by Crippen LogP contribution is -2.25. The predicted octanol–water partition coefficient (Wildman–Crippen LogP) is 2.65. The van der Waals surface area contributed by atoms with Crippen molar-refractivity contribution in [2.45, 2.75) is 109 Å². The van der Waals surface area contributed by atoms with Gasteiger partial charge in [-0.3, -0.25) is 28.8 Å². The predicted molar refractivity (Wildman–Crippen MR) is 156 cm³/mol. The number of ether oxygens (including phenoxy) is 1. The molecule has 0 fully saturated rings. The van der Waals surface area contributed by atoms with Crippen molar-refractivity contribution in [2.75, 3.05) is 12.8 Å². The number of carbonyl (C=O) groups is 6. The number of Topliss-reactive ketones (excluding diaryl/α,β-unsaturated/α-hetero) is 4. The summed E-state index contributed by atoms with van der Waals surface area (Å²) in [5.41, 5.74) is -0.165. The van der Waals surface area contributed by atoms with Gasteiger partial charge >= 0.3 is 5.97 Å².